The molecule has 0 saturated carbocycles. The Morgan fingerprint density at radius 2 is 2.00 bits per heavy atom. The molecule has 0 fully saturated rings. The summed E-state index contributed by atoms with van der Waals surface area (Å²) in [6, 6.07) is 15.4. The van der Waals surface area contributed by atoms with Crippen molar-refractivity contribution in [3.8, 4) is 11.3 Å². The van der Waals surface area contributed by atoms with Crippen LogP contribution in [0, 0.1) is 0 Å². The highest BCUT2D eigenvalue weighted by Crippen LogP contribution is 2.32. The van der Waals surface area contributed by atoms with Gasteiger partial charge in [-0.3, -0.25) is 9.38 Å². The number of carbonyl (C=O) groups excluding carboxylic acids is 1. The maximum atomic E-state index is 11.9. The number of hydrogen-bond acceptors (Lipinski definition) is 6. The Kier molecular flexibility index (Phi) is 4.99. The number of carbonyl (C=O) groups is 1. The zero-order valence-corrected chi connectivity index (χ0v) is 16.2. The lowest BCUT2D eigenvalue weighted by Crippen LogP contribution is -2.02. The molecule has 0 aliphatic carbocycles. The van der Waals surface area contributed by atoms with Crippen molar-refractivity contribution in [1.29, 1.82) is 0 Å². The Hall–Kier alpha value is -3.32. The van der Waals surface area contributed by atoms with E-state index in [0.717, 1.165) is 28.4 Å². The van der Waals surface area contributed by atoms with Gasteiger partial charge in [-0.25, -0.2) is 9.78 Å². The third-order valence-electron chi connectivity index (χ3n) is 4.34. The van der Waals surface area contributed by atoms with Gasteiger partial charge in [0, 0.05) is 28.5 Å². The summed E-state index contributed by atoms with van der Waals surface area (Å²) >= 11 is 1.70. The number of aromatic nitrogens is 3. The van der Waals surface area contributed by atoms with Crippen LogP contribution in [0.4, 0.5) is 11.5 Å². The van der Waals surface area contributed by atoms with Gasteiger partial charge >= 0.3 is 5.97 Å². The Labute approximate surface area is 166 Å². The molecule has 1 N–H and O–H groups in total. The van der Waals surface area contributed by atoms with Crippen molar-refractivity contribution >= 4 is 34.9 Å². The predicted octanol–water partition coefficient (Wildman–Crippen LogP) is 4.65. The number of rotatable bonds is 5. The predicted molar refractivity (Wildman–Crippen MR) is 111 cm³/mol. The molecule has 4 rings (SSSR count). The van der Waals surface area contributed by atoms with Gasteiger partial charge in [0.15, 0.2) is 5.65 Å². The fourth-order valence-electron chi connectivity index (χ4n) is 2.95. The number of methoxy groups -OCH3 is 1. The van der Waals surface area contributed by atoms with Crippen molar-refractivity contribution in [3.05, 3.63) is 72.7 Å². The first kappa shape index (κ1) is 18.1. The Morgan fingerprint density at radius 1 is 1.18 bits per heavy atom. The summed E-state index contributed by atoms with van der Waals surface area (Å²) in [7, 11) is 1.37. The zero-order valence-electron chi connectivity index (χ0n) is 15.4. The third-order valence-corrected chi connectivity index (χ3v) is 5.08. The van der Waals surface area contributed by atoms with Gasteiger partial charge in [0.05, 0.1) is 18.9 Å². The van der Waals surface area contributed by atoms with E-state index >= 15 is 0 Å². The maximum absolute atomic E-state index is 11.9. The summed E-state index contributed by atoms with van der Waals surface area (Å²) in [6.45, 7) is 0. The van der Waals surface area contributed by atoms with Crippen LogP contribution in [0.25, 0.3) is 16.9 Å². The van der Waals surface area contributed by atoms with Crippen LogP contribution in [0.1, 0.15) is 10.4 Å². The van der Waals surface area contributed by atoms with Gasteiger partial charge in [-0.05, 0) is 36.6 Å². The largest absolute Gasteiger partial charge is 0.465 e. The van der Waals surface area contributed by atoms with E-state index in [1.165, 1.54) is 12.0 Å². The second kappa shape index (κ2) is 7.74. The topological polar surface area (TPSA) is 68.5 Å². The van der Waals surface area contributed by atoms with E-state index in [1.807, 2.05) is 29.0 Å². The van der Waals surface area contributed by atoms with Gasteiger partial charge in [0.2, 0.25) is 0 Å². The molecule has 0 spiro atoms. The van der Waals surface area contributed by atoms with E-state index < -0.39 is 0 Å². The molecule has 0 aliphatic heterocycles. The van der Waals surface area contributed by atoms with Gasteiger partial charge in [0.1, 0.15) is 11.5 Å². The molecule has 0 amide bonds. The van der Waals surface area contributed by atoms with E-state index in [9.17, 15) is 4.79 Å². The Balaban J connectivity index is 1.80. The van der Waals surface area contributed by atoms with Crippen LogP contribution in [0.2, 0.25) is 0 Å². The summed E-state index contributed by atoms with van der Waals surface area (Å²) in [5.41, 5.74) is 3.78. The molecule has 4 aromatic rings. The van der Waals surface area contributed by atoms with Gasteiger partial charge in [0.25, 0.3) is 0 Å². The lowest BCUT2D eigenvalue weighted by molar-refractivity contribution is 0.0601. The number of thioether (sulfide) groups is 1. The minimum Gasteiger partial charge on any atom is -0.465 e. The molecule has 0 saturated heterocycles. The smallest absolute Gasteiger partial charge is 0.337 e. The van der Waals surface area contributed by atoms with E-state index in [0.29, 0.717) is 5.56 Å². The number of anilines is 2. The van der Waals surface area contributed by atoms with Gasteiger partial charge in [-0.1, -0.05) is 18.2 Å². The number of nitrogens with zero attached hydrogens (tertiary/aromatic N) is 3. The molecular weight excluding hydrogens is 372 g/mol. The summed E-state index contributed by atoms with van der Waals surface area (Å²) in [4.78, 5) is 22.0. The molecule has 0 atom stereocenters. The van der Waals surface area contributed by atoms with E-state index in [1.54, 1.807) is 36.3 Å². The van der Waals surface area contributed by atoms with Gasteiger partial charge < -0.3 is 10.1 Å². The SMILES string of the molecule is COC(=O)c1cccc(Nc2c(-c3ccc(SC)cc3)nc3cnccn23)c1. The van der Waals surface area contributed by atoms with Crippen molar-refractivity contribution in [2.24, 2.45) is 0 Å². The first-order chi connectivity index (χ1) is 13.7. The number of benzene rings is 2. The van der Waals surface area contributed by atoms with Crippen LogP contribution in [0.5, 0.6) is 0 Å². The fraction of sp³-hybridized carbons (Fsp3) is 0.0952. The van der Waals surface area contributed by atoms with Crippen molar-refractivity contribution in [2.75, 3.05) is 18.7 Å². The fourth-order valence-corrected chi connectivity index (χ4v) is 3.36. The zero-order chi connectivity index (χ0) is 19.5. The highest BCUT2D eigenvalue weighted by molar-refractivity contribution is 7.98. The number of fused-ring (bicyclic) bond motifs is 1. The lowest BCUT2D eigenvalue weighted by atomic mass is 10.1. The molecule has 0 radical (unpaired) electrons. The quantitative estimate of drug-likeness (QED) is 0.395. The molecule has 2 aromatic heterocycles. The second-order valence-electron chi connectivity index (χ2n) is 6.04. The lowest BCUT2D eigenvalue weighted by Gasteiger charge is -2.10. The Morgan fingerprint density at radius 3 is 2.75 bits per heavy atom. The number of ether oxygens (including phenoxy) is 1. The van der Waals surface area contributed by atoms with Crippen LogP contribution in [0.15, 0.2) is 72.0 Å². The molecule has 0 unspecified atom stereocenters. The molecule has 28 heavy (non-hydrogen) atoms. The summed E-state index contributed by atoms with van der Waals surface area (Å²) in [5.74, 6) is 0.426. The first-order valence-electron chi connectivity index (χ1n) is 8.61. The highest BCUT2D eigenvalue weighted by Gasteiger charge is 2.15. The molecule has 2 heterocycles. The second-order valence-corrected chi connectivity index (χ2v) is 6.92. The van der Waals surface area contributed by atoms with E-state index in [2.05, 4.69) is 34.6 Å². The molecule has 0 aliphatic rings. The minimum atomic E-state index is -0.376. The van der Waals surface area contributed by atoms with Crippen LogP contribution < -0.4 is 5.32 Å². The molecule has 6 nitrogen and oxygen atoms in total. The van der Waals surface area contributed by atoms with Crippen molar-refractivity contribution in [3.63, 3.8) is 0 Å². The van der Waals surface area contributed by atoms with Crippen molar-refractivity contribution in [1.82, 2.24) is 14.4 Å². The average Bonchev–Trinajstić information content (AvgIpc) is 3.12. The van der Waals surface area contributed by atoms with Crippen LogP contribution in [-0.2, 0) is 4.74 Å². The summed E-state index contributed by atoms with van der Waals surface area (Å²) < 4.78 is 6.76. The molecule has 2 aromatic carbocycles. The molecule has 7 heteroatoms. The number of esters is 1. The minimum absolute atomic E-state index is 0.376. The number of nitrogens with one attached hydrogen (secondary N) is 1. The van der Waals surface area contributed by atoms with Crippen LogP contribution >= 0.6 is 11.8 Å². The summed E-state index contributed by atoms with van der Waals surface area (Å²) in [5, 5.41) is 3.40. The monoisotopic (exact) mass is 390 g/mol. The number of imidazole rings is 1. The van der Waals surface area contributed by atoms with Crippen molar-refractivity contribution < 1.29 is 9.53 Å². The highest BCUT2D eigenvalue weighted by atomic mass is 32.2. The average molecular weight is 390 g/mol. The van der Waals surface area contributed by atoms with Gasteiger partial charge in [-0.15, -0.1) is 11.8 Å². The van der Waals surface area contributed by atoms with E-state index in [4.69, 9.17) is 9.72 Å². The van der Waals surface area contributed by atoms with Crippen molar-refractivity contribution in [2.45, 2.75) is 4.90 Å². The standard InChI is InChI=1S/C21H18N4O2S/c1-27-21(26)15-4-3-5-16(12-15)23-20-19(14-6-8-17(28-2)9-7-14)24-18-13-22-10-11-25(18)20/h3-13,23H,1-2H3. The first-order valence-corrected chi connectivity index (χ1v) is 9.84. The maximum Gasteiger partial charge on any atom is 0.337 e. The van der Waals surface area contributed by atoms with Crippen LogP contribution in [0.3, 0.4) is 0 Å². The Bertz CT molecular complexity index is 1140. The molecule has 140 valence electrons. The summed E-state index contributed by atoms with van der Waals surface area (Å²) in [6.07, 6.45) is 7.34. The van der Waals surface area contributed by atoms with Gasteiger partial charge in [-0.2, -0.15) is 0 Å². The molecular formula is C21H18N4O2S. The molecule has 0 bridgehead atoms. The number of hydrogen-bond donors (Lipinski definition) is 1. The van der Waals surface area contributed by atoms with E-state index in [-0.39, 0.29) is 5.97 Å². The third kappa shape index (κ3) is 3.44. The van der Waals surface area contributed by atoms with Crippen LogP contribution in [-0.4, -0.2) is 33.7 Å². The normalized spacial score (nSPS) is 10.8.